The van der Waals surface area contributed by atoms with Crippen LogP contribution < -0.4 is 5.32 Å². The zero-order chi connectivity index (χ0) is 21.2. The van der Waals surface area contributed by atoms with E-state index in [9.17, 15) is 9.59 Å². The van der Waals surface area contributed by atoms with Crippen LogP contribution in [0.1, 0.15) is 69.4 Å². The molecule has 2 aromatic rings. The van der Waals surface area contributed by atoms with E-state index in [-0.39, 0.29) is 24.0 Å². The van der Waals surface area contributed by atoms with Gasteiger partial charge in [0.15, 0.2) is 0 Å². The van der Waals surface area contributed by atoms with Gasteiger partial charge >= 0.3 is 6.09 Å². The number of carbonyl (C=O) groups is 2. The van der Waals surface area contributed by atoms with Crippen LogP contribution in [0.5, 0.6) is 0 Å². The van der Waals surface area contributed by atoms with E-state index in [0.717, 1.165) is 16.6 Å². The van der Waals surface area contributed by atoms with Gasteiger partial charge in [0.2, 0.25) is 0 Å². The average Bonchev–Trinajstić information content (AvgIpc) is 2.66. The van der Waals surface area contributed by atoms with Gasteiger partial charge in [-0.1, -0.05) is 32.0 Å². The van der Waals surface area contributed by atoms with Crippen molar-refractivity contribution < 1.29 is 14.3 Å². The summed E-state index contributed by atoms with van der Waals surface area (Å²) in [4.78, 5) is 31.7. The summed E-state index contributed by atoms with van der Waals surface area (Å²) in [5.41, 5.74) is 1.91. The van der Waals surface area contributed by atoms with Gasteiger partial charge in [-0.2, -0.15) is 0 Å². The second kappa shape index (κ2) is 8.39. The van der Waals surface area contributed by atoms with Gasteiger partial charge in [0, 0.05) is 30.2 Å². The number of nitrogens with one attached hydrogen (secondary N) is 1. The van der Waals surface area contributed by atoms with Gasteiger partial charge < -0.3 is 15.0 Å². The molecule has 1 aromatic heterocycles. The molecule has 1 N–H and O–H groups in total. The molecule has 3 rings (SSSR count). The van der Waals surface area contributed by atoms with Crippen LogP contribution in [-0.4, -0.2) is 46.6 Å². The second-order valence-corrected chi connectivity index (χ2v) is 8.98. The van der Waals surface area contributed by atoms with Crippen molar-refractivity contribution in [2.75, 3.05) is 13.1 Å². The lowest BCUT2D eigenvalue weighted by Crippen LogP contribution is -2.47. The largest absolute Gasteiger partial charge is 0.444 e. The fourth-order valence-electron chi connectivity index (χ4n) is 3.48. The maximum absolute atomic E-state index is 13.1. The first-order valence-electron chi connectivity index (χ1n) is 10.3. The van der Waals surface area contributed by atoms with E-state index in [1.807, 2.05) is 51.1 Å². The molecule has 6 heteroatoms. The van der Waals surface area contributed by atoms with Crippen molar-refractivity contribution in [1.29, 1.82) is 0 Å². The van der Waals surface area contributed by atoms with Crippen LogP contribution in [0.3, 0.4) is 0 Å². The zero-order valence-corrected chi connectivity index (χ0v) is 18.0. The highest BCUT2D eigenvalue weighted by Gasteiger charge is 2.28. The molecule has 2 heterocycles. The first-order chi connectivity index (χ1) is 13.6. The van der Waals surface area contributed by atoms with Crippen molar-refractivity contribution >= 4 is 22.9 Å². The lowest BCUT2D eigenvalue weighted by atomic mass is 10.0. The van der Waals surface area contributed by atoms with Crippen molar-refractivity contribution in [3.05, 3.63) is 41.6 Å². The molecule has 2 amide bonds. The Morgan fingerprint density at radius 3 is 2.45 bits per heavy atom. The molecule has 156 valence electrons. The van der Waals surface area contributed by atoms with E-state index in [0.29, 0.717) is 31.5 Å². The predicted octanol–water partition coefficient (Wildman–Crippen LogP) is 4.49. The standard InChI is InChI=1S/C23H31N3O3/c1-15(2)20-14-18(17-8-6-7-9-19(17)25-20)21(27)24-16-10-12-26(13-11-16)22(28)29-23(3,4)5/h6-9,14-16H,10-13H2,1-5H3,(H,24,27). The molecule has 29 heavy (non-hydrogen) atoms. The number of hydrogen-bond acceptors (Lipinski definition) is 4. The molecular weight excluding hydrogens is 366 g/mol. The Hall–Kier alpha value is -2.63. The molecule has 1 aromatic carbocycles. The maximum Gasteiger partial charge on any atom is 0.410 e. The summed E-state index contributed by atoms with van der Waals surface area (Å²) in [6.45, 7) is 10.9. The van der Waals surface area contributed by atoms with Crippen LogP contribution in [0.2, 0.25) is 0 Å². The van der Waals surface area contributed by atoms with Crippen molar-refractivity contribution in [1.82, 2.24) is 15.2 Å². The number of nitrogens with zero attached hydrogens (tertiary/aromatic N) is 2. The highest BCUT2D eigenvalue weighted by atomic mass is 16.6. The van der Waals surface area contributed by atoms with Crippen molar-refractivity contribution in [2.45, 2.75) is 65.0 Å². The third kappa shape index (κ3) is 5.25. The number of likely N-dealkylation sites (tertiary alicyclic amines) is 1. The van der Waals surface area contributed by atoms with Gasteiger partial charge in [-0.15, -0.1) is 0 Å². The van der Waals surface area contributed by atoms with Gasteiger partial charge in [-0.25, -0.2) is 4.79 Å². The summed E-state index contributed by atoms with van der Waals surface area (Å²) >= 11 is 0. The molecule has 0 radical (unpaired) electrons. The smallest absolute Gasteiger partial charge is 0.410 e. The fourth-order valence-corrected chi connectivity index (χ4v) is 3.48. The monoisotopic (exact) mass is 397 g/mol. The number of para-hydroxylation sites is 1. The fraction of sp³-hybridized carbons (Fsp3) is 0.522. The zero-order valence-electron chi connectivity index (χ0n) is 18.0. The van der Waals surface area contributed by atoms with Crippen LogP contribution in [0, 0.1) is 0 Å². The quantitative estimate of drug-likeness (QED) is 0.828. The number of amides is 2. The lowest BCUT2D eigenvalue weighted by molar-refractivity contribution is 0.0199. The molecule has 1 aliphatic heterocycles. The summed E-state index contributed by atoms with van der Waals surface area (Å²) < 4.78 is 5.44. The van der Waals surface area contributed by atoms with Crippen LogP contribution in [0.15, 0.2) is 30.3 Å². The van der Waals surface area contributed by atoms with E-state index in [4.69, 9.17) is 4.74 Å². The van der Waals surface area contributed by atoms with Crippen LogP contribution >= 0.6 is 0 Å². The van der Waals surface area contributed by atoms with E-state index in [1.54, 1.807) is 4.90 Å². The molecule has 0 unspecified atom stereocenters. The third-order valence-electron chi connectivity index (χ3n) is 5.05. The number of fused-ring (bicyclic) bond motifs is 1. The van der Waals surface area contributed by atoms with E-state index >= 15 is 0 Å². The maximum atomic E-state index is 13.1. The van der Waals surface area contributed by atoms with Gasteiger partial charge in [0.05, 0.1) is 11.1 Å². The van der Waals surface area contributed by atoms with Crippen molar-refractivity contribution in [2.24, 2.45) is 0 Å². The Labute approximate surface area is 172 Å². The minimum absolute atomic E-state index is 0.0376. The van der Waals surface area contributed by atoms with Crippen molar-refractivity contribution in [3.8, 4) is 0 Å². The first kappa shape index (κ1) is 21.1. The molecule has 0 saturated carbocycles. The number of ether oxygens (including phenoxy) is 1. The van der Waals surface area contributed by atoms with E-state index in [1.165, 1.54) is 0 Å². The van der Waals surface area contributed by atoms with Gasteiger partial charge in [0.1, 0.15) is 5.60 Å². The first-order valence-corrected chi connectivity index (χ1v) is 10.3. The number of aromatic nitrogens is 1. The Morgan fingerprint density at radius 1 is 1.17 bits per heavy atom. The molecule has 1 aliphatic rings. The Morgan fingerprint density at radius 2 is 1.83 bits per heavy atom. The molecule has 1 saturated heterocycles. The number of rotatable bonds is 3. The summed E-state index contributed by atoms with van der Waals surface area (Å²) in [6, 6.07) is 9.68. The molecule has 6 nitrogen and oxygen atoms in total. The van der Waals surface area contributed by atoms with Gasteiger partial charge in [-0.05, 0) is 51.7 Å². The van der Waals surface area contributed by atoms with E-state index < -0.39 is 5.60 Å². The summed E-state index contributed by atoms with van der Waals surface area (Å²) in [5.74, 6) is 0.157. The lowest BCUT2D eigenvalue weighted by Gasteiger charge is -2.33. The topological polar surface area (TPSA) is 71.5 Å². The van der Waals surface area contributed by atoms with Crippen molar-refractivity contribution in [3.63, 3.8) is 0 Å². The highest BCUT2D eigenvalue weighted by molar-refractivity contribution is 6.06. The number of carbonyl (C=O) groups excluding carboxylic acids is 2. The number of pyridine rings is 1. The molecule has 1 fully saturated rings. The molecule has 0 aliphatic carbocycles. The molecule has 0 bridgehead atoms. The summed E-state index contributed by atoms with van der Waals surface area (Å²) in [5, 5.41) is 4.02. The highest BCUT2D eigenvalue weighted by Crippen LogP contribution is 2.23. The Balaban J connectivity index is 1.68. The summed E-state index contributed by atoms with van der Waals surface area (Å²) in [7, 11) is 0. The van der Waals surface area contributed by atoms with Crippen LogP contribution in [0.4, 0.5) is 4.79 Å². The van der Waals surface area contributed by atoms with Crippen LogP contribution in [-0.2, 0) is 4.74 Å². The third-order valence-corrected chi connectivity index (χ3v) is 5.05. The predicted molar refractivity (Wildman–Crippen MR) is 114 cm³/mol. The molecule has 0 spiro atoms. The SMILES string of the molecule is CC(C)c1cc(C(=O)NC2CCN(C(=O)OC(C)(C)C)CC2)c2ccccc2n1. The Bertz CT molecular complexity index is 894. The number of benzene rings is 1. The minimum atomic E-state index is -0.501. The molecule has 0 atom stereocenters. The van der Waals surface area contributed by atoms with E-state index in [2.05, 4.69) is 24.1 Å². The molecular formula is C23H31N3O3. The van der Waals surface area contributed by atoms with Crippen LogP contribution in [0.25, 0.3) is 10.9 Å². The normalized spacial score (nSPS) is 15.6. The number of hydrogen-bond donors (Lipinski definition) is 1. The second-order valence-electron chi connectivity index (χ2n) is 8.98. The number of piperidine rings is 1. The Kier molecular flexibility index (Phi) is 6.10. The van der Waals surface area contributed by atoms with Gasteiger partial charge in [-0.3, -0.25) is 9.78 Å². The summed E-state index contributed by atoms with van der Waals surface area (Å²) in [6.07, 6.45) is 1.14. The average molecular weight is 398 g/mol. The van der Waals surface area contributed by atoms with Gasteiger partial charge in [0.25, 0.3) is 5.91 Å². The minimum Gasteiger partial charge on any atom is -0.444 e.